The Morgan fingerprint density at radius 1 is 1.15 bits per heavy atom. The van der Waals surface area contributed by atoms with Crippen LogP contribution >= 0.6 is 34.5 Å². The van der Waals surface area contributed by atoms with Crippen LogP contribution < -0.4 is 4.90 Å². The number of amides is 1. The molecule has 4 aromatic rings. The molecule has 1 aliphatic rings. The summed E-state index contributed by atoms with van der Waals surface area (Å²) in [7, 11) is 0. The minimum atomic E-state index is -1.13. The van der Waals surface area contributed by atoms with E-state index < -0.39 is 29.5 Å². The third-order valence-electron chi connectivity index (χ3n) is 6.14. The minimum absolute atomic E-state index is 0.00203. The van der Waals surface area contributed by atoms with Gasteiger partial charge in [0.25, 0.3) is 5.78 Å². The second-order valence-electron chi connectivity index (χ2n) is 8.62. The number of hydrogen-bond acceptors (Lipinski definition) is 8. The van der Waals surface area contributed by atoms with Gasteiger partial charge >= 0.3 is 11.9 Å². The van der Waals surface area contributed by atoms with Crippen LogP contribution in [0.2, 0.25) is 10.0 Å². The van der Waals surface area contributed by atoms with E-state index in [0.29, 0.717) is 22.6 Å². The van der Waals surface area contributed by atoms with Gasteiger partial charge in [-0.25, -0.2) is 14.8 Å². The van der Waals surface area contributed by atoms with E-state index in [1.54, 1.807) is 48.7 Å². The van der Waals surface area contributed by atoms with Gasteiger partial charge in [0.05, 0.1) is 33.0 Å². The molecule has 1 saturated heterocycles. The monoisotopic (exact) mass is 582 g/mol. The quantitative estimate of drug-likeness (QED) is 0.102. The fourth-order valence-corrected chi connectivity index (χ4v) is 5.72. The fourth-order valence-electron chi connectivity index (χ4n) is 4.43. The van der Waals surface area contributed by atoms with Gasteiger partial charge in [0.2, 0.25) is 0 Å². The number of fused-ring (bicyclic) bond motifs is 1. The van der Waals surface area contributed by atoms with Crippen molar-refractivity contribution in [2.24, 2.45) is 0 Å². The normalized spacial score (nSPS) is 16.7. The third kappa shape index (κ3) is 4.50. The number of rotatable bonds is 6. The Hall–Kier alpha value is -3.99. The predicted molar refractivity (Wildman–Crippen MR) is 149 cm³/mol. The molecule has 1 fully saturated rings. The van der Waals surface area contributed by atoms with Crippen LogP contribution in [0.1, 0.15) is 38.4 Å². The van der Waals surface area contributed by atoms with Gasteiger partial charge in [-0.3, -0.25) is 18.9 Å². The number of aryl methyl sites for hydroxylation is 2. The first-order valence-corrected chi connectivity index (χ1v) is 13.2. The number of hydrogen-bond donors (Lipinski definition) is 1. The number of carbonyl (C=O) groups is 3. The molecule has 0 radical (unpaired) electrons. The van der Waals surface area contributed by atoms with Crippen LogP contribution in [0.5, 0.6) is 0 Å². The van der Waals surface area contributed by atoms with Crippen LogP contribution in [0, 0.1) is 13.8 Å². The standard InChI is InChI=1S/C27H20Cl2N4O5S/c1-4-11-38-26(37)24-14(3)31-27(39-24)33-21(15-8-9-16(28)17(29)12-15)19(23(35)25(33)36)22(34)20-13(2)30-18-7-5-6-10-32(18)20/h4-10,12,21,34H,1,11H2,2-3H3. The summed E-state index contributed by atoms with van der Waals surface area (Å²) in [5.74, 6) is -2.92. The number of imidazole rings is 1. The van der Waals surface area contributed by atoms with Gasteiger partial charge in [0.15, 0.2) is 10.9 Å². The number of esters is 1. The molecular formula is C27H20Cl2N4O5S. The minimum Gasteiger partial charge on any atom is -0.505 e. The van der Waals surface area contributed by atoms with Crippen LogP contribution in [-0.4, -0.2) is 43.7 Å². The van der Waals surface area contributed by atoms with E-state index in [-0.39, 0.29) is 37.9 Å². The second-order valence-corrected chi connectivity index (χ2v) is 10.4. The lowest BCUT2D eigenvalue weighted by molar-refractivity contribution is -0.132. The lowest BCUT2D eigenvalue weighted by atomic mass is 9.96. The predicted octanol–water partition coefficient (Wildman–Crippen LogP) is 5.68. The Labute approximate surface area is 236 Å². The SMILES string of the molecule is C=CCOC(=O)c1sc(N2C(=O)C(=O)C(=C(O)c3c(C)nc4ccccn34)C2c2ccc(Cl)c(Cl)c2)nc1C. The van der Waals surface area contributed by atoms with E-state index in [2.05, 4.69) is 16.5 Å². The molecule has 5 rings (SSSR count). The third-order valence-corrected chi connectivity index (χ3v) is 8.02. The number of thiazole rings is 1. The maximum atomic E-state index is 13.6. The van der Waals surface area contributed by atoms with Crippen molar-refractivity contribution >= 4 is 68.7 Å². The largest absolute Gasteiger partial charge is 0.505 e. The first kappa shape index (κ1) is 26.6. The zero-order valence-electron chi connectivity index (χ0n) is 20.6. The van der Waals surface area contributed by atoms with Crippen molar-refractivity contribution in [1.29, 1.82) is 0 Å². The van der Waals surface area contributed by atoms with E-state index in [1.165, 1.54) is 18.2 Å². The van der Waals surface area contributed by atoms with Crippen LogP contribution in [0.4, 0.5) is 5.13 Å². The number of pyridine rings is 1. The molecule has 3 aromatic heterocycles. The summed E-state index contributed by atoms with van der Waals surface area (Å²) >= 11 is 13.4. The molecule has 0 bridgehead atoms. The van der Waals surface area contributed by atoms with Gasteiger partial charge in [0, 0.05) is 6.20 Å². The van der Waals surface area contributed by atoms with Crippen molar-refractivity contribution < 1.29 is 24.2 Å². The zero-order chi connectivity index (χ0) is 28.0. The highest BCUT2D eigenvalue weighted by Crippen LogP contribution is 2.45. The fraction of sp³-hybridized carbons (Fsp3) is 0.148. The van der Waals surface area contributed by atoms with Gasteiger partial charge in [-0.1, -0.05) is 59.3 Å². The number of ketones is 1. The van der Waals surface area contributed by atoms with Gasteiger partial charge in [0.1, 0.15) is 22.8 Å². The smallest absolute Gasteiger partial charge is 0.350 e. The molecule has 1 amide bonds. The topological polar surface area (TPSA) is 114 Å². The first-order chi connectivity index (χ1) is 18.6. The van der Waals surface area contributed by atoms with Crippen molar-refractivity contribution in [2.75, 3.05) is 11.5 Å². The maximum absolute atomic E-state index is 13.6. The lowest BCUT2D eigenvalue weighted by Gasteiger charge is -2.23. The summed E-state index contributed by atoms with van der Waals surface area (Å²) in [5, 5.41) is 12.1. The number of benzene rings is 1. The Balaban J connectivity index is 1.73. The van der Waals surface area contributed by atoms with Crippen molar-refractivity contribution in [2.45, 2.75) is 19.9 Å². The Bertz CT molecular complexity index is 1720. The molecule has 9 nitrogen and oxygen atoms in total. The van der Waals surface area contributed by atoms with E-state index in [1.807, 2.05) is 0 Å². The summed E-state index contributed by atoms with van der Waals surface area (Å²) in [6.07, 6.45) is 3.13. The van der Waals surface area contributed by atoms with E-state index in [9.17, 15) is 19.5 Å². The van der Waals surface area contributed by atoms with Crippen LogP contribution in [0.25, 0.3) is 11.4 Å². The molecule has 1 unspecified atom stereocenters. The molecule has 12 heteroatoms. The molecule has 1 atom stereocenters. The lowest BCUT2D eigenvalue weighted by Crippen LogP contribution is -2.29. The number of Topliss-reactive ketones (excluding diaryl/α,β-unsaturated/α-hetero) is 1. The summed E-state index contributed by atoms with van der Waals surface area (Å²) in [4.78, 5) is 49.8. The number of aromatic nitrogens is 3. The summed E-state index contributed by atoms with van der Waals surface area (Å²) in [6.45, 7) is 6.81. The maximum Gasteiger partial charge on any atom is 0.350 e. The Kier molecular flexibility index (Phi) is 7.02. The van der Waals surface area contributed by atoms with Crippen LogP contribution in [0.3, 0.4) is 0 Å². The molecular weight excluding hydrogens is 563 g/mol. The molecule has 39 heavy (non-hydrogen) atoms. The highest BCUT2D eigenvalue weighted by atomic mass is 35.5. The Morgan fingerprint density at radius 3 is 2.64 bits per heavy atom. The average molecular weight is 583 g/mol. The number of anilines is 1. The number of ether oxygens (including phenoxy) is 1. The number of nitrogens with zero attached hydrogens (tertiary/aromatic N) is 4. The van der Waals surface area contributed by atoms with Crippen LogP contribution in [-0.2, 0) is 14.3 Å². The van der Waals surface area contributed by atoms with E-state index >= 15 is 0 Å². The summed E-state index contributed by atoms with van der Waals surface area (Å²) < 4.78 is 6.77. The van der Waals surface area contributed by atoms with Crippen molar-refractivity contribution in [3.8, 4) is 0 Å². The van der Waals surface area contributed by atoms with Gasteiger partial charge in [-0.05, 0) is 43.7 Å². The molecule has 4 heterocycles. The number of halogens is 2. The summed E-state index contributed by atoms with van der Waals surface area (Å²) in [6, 6.07) is 8.83. The van der Waals surface area contributed by atoms with Crippen molar-refractivity contribution in [3.63, 3.8) is 0 Å². The summed E-state index contributed by atoms with van der Waals surface area (Å²) in [5.41, 5.74) is 1.80. The molecule has 1 aliphatic heterocycles. The number of carbonyl (C=O) groups excluding carboxylic acids is 3. The van der Waals surface area contributed by atoms with Gasteiger partial charge in [-0.2, -0.15) is 0 Å². The van der Waals surface area contributed by atoms with Crippen molar-refractivity contribution in [1.82, 2.24) is 14.4 Å². The van der Waals surface area contributed by atoms with Gasteiger partial charge < -0.3 is 9.84 Å². The van der Waals surface area contributed by atoms with E-state index in [0.717, 1.165) is 16.2 Å². The first-order valence-electron chi connectivity index (χ1n) is 11.6. The molecule has 198 valence electrons. The molecule has 1 aromatic carbocycles. The molecule has 0 aliphatic carbocycles. The molecule has 1 N–H and O–H groups in total. The highest BCUT2D eigenvalue weighted by molar-refractivity contribution is 7.17. The highest BCUT2D eigenvalue weighted by Gasteiger charge is 2.49. The van der Waals surface area contributed by atoms with E-state index in [4.69, 9.17) is 27.9 Å². The zero-order valence-corrected chi connectivity index (χ0v) is 23.0. The average Bonchev–Trinajstić information content (AvgIpc) is 3.54. The number of aliphatic hydroxyl groups excluding tert-OH is 1. The second kappa shape index (κ2) is 10.3. The number of aliphatic hydroxyl groups is 1. The molecule has 0 saturated carbocycles. The molecule has 0 spiro atoms. The Morgan fingerprint density at radius 2 is 1.92 bits per heavy atom. The van der Waals surface area contributed by atoms with Crippen molar-refractivity contribution in [3.05, 3.63) is 98.4 Å². The van der Waals surface area contributed by atoms with Gasteiger partial charge in [-0.15, -0.1) is 0 Å². The van der Waals surface area contributed by atoms with Crippen LogP contribution in [0.15, 0.2) is 60.8 Å².